The fourth-order valence-corrected chi connectivity index (χ4v) is 5.25. The number of hydrogen-bond acceptors (Lipinski definition) is 4. The average Bonchev–Trinajstić information content (AvgIpc) is 3.16. The maximum absolute atomic E-state index is 12.7. The molecular weight excluding hydrogens is 444 g/mol. The van der Waals surface area contributed by atoms with Crippen LogP contribution in [0.3, 0.4) is 0 Å². The summed E-state index contributed by atoms with van der Waals surface area (Å²) in [5.41, 5.74) is 4.74. The molecule has 0 radical (unpaired) electrons. The van der Waals surface area contributed by atoms with Crippen LogP contribution in [0.4, 0.5) is 4.79 Å². The second kappa shape index (κ2) is 10.9. The third kappa shape index (κ3) is 5.84. The van der Waals surface area contributed by atoms with Gasteiger partial charge in [0, 0.05) is 23.9 Å². The van der Waals surface area contributed by atoms with Gasteiger partial charge in [0.05, 0.1) is 6.42 Å². The summed E-state index contributed by atoms with van der Waals surface area (Å²) < 4.78 is 5.65. The summed E-state index contributed by atoms with van der Waals surface area (Å²) in [6.07, 6.45) is 2.17. The largest absolute Gasteiger partial charge is 0.481 e. The van der Waals surface area contributed by atoms with E-state index in [4.69, 9.17) is 9.84 Å². The summed E-state index contributed by atoms with van der Waals surface area (Å²) in [5.74, 6) is -1.11. The van der Waals surface area contributed by atoms with Crippen LogP contribution in [0.25, 0.3) is 11.1 Å². The highest BCUT2D eigenvalue weighted by Gasteiger charge is 2.31. The Kier molecular flexibility index (Phi) is 7.73. The molecule has 0 aromatic heterocycles. The van der Waals surface area contributed by atoms with Crippen molar-refractivity contribution in [2.75, 3.05) is 6.61 Å². The zero-order valence-electron chi connectivity index (χ0n) is 20.3. The minimum atomic E-state index is -0.917. The second-order valence-corrected chi connectivity index (χ2v) is 9.98. The molecule has 0 unspecified atom stereocenters. The Morgan fingerprint density at radius 1 is 0.943 bits per heavy atom. The molecule has 0 spiro atoms. The summed E-state index contributed by atoms with van der Waals surface area (Å²) >= 11 is 0. The topological polar surface area (TPSA) is 105 Å². The normalized spacial score (nSPS) is 20.0. The molecule has 7 heteroatoms. The molecule has 1 fully saturated rings. The average molecular weight is 479 g/mol. The first kappa shape index (κ1) is 24.8. The first-order chi connectivity index (χ1) is 16.8. The van der Waals surface area contributed by atoms with Crippen LogP contribution in [-0.2, 0) is 14.3 Å². The predicted octanol–water partition coefficient (Wildman–Crippen LogP) is 4.70. The lowest BCUT2D eigenvalue weighted by Crippen LogP contribution is -2.45. The number of carboxylic acid groups (broad SMARTS) is 1. The first-order valence-corrected chi connectivity index (χ1v) is 12.5. The fourth-order valence-electron chi connectivity index (χ4n) is 5.25. The lowest BCUT2D eigenvalue weighted by molar-refractivity contribution is -0.138. The van der Waals surface area contributed by atoms with Crippen LogP contribution in [-0.4, -0.2) is 41.8 Å². The van der Waals surface area contributed by atoms with Crippen molar-refractivity contribution in [3.8, 4) is 11.1 Å². The van der Waals surface area contributed by atoms with Crippen molar-refractivity contribution in [1.82, 2.24) is 10.6 Å². The number of hydrogen-bond donors (Lipinski definition) is 3. The van der Waals surface area contributed by atoms with E-state index < -0.39 is 12.1 Å². The molecule has 2 aliphatic rings. The molecule has 2 aromatic carbocycles. The minimum absolute atomic E-state index is 0.0206. The number of rotatable bonds is 8. The second-order valence-electron chi connectivity index (χ2n) is 9.98. The van der Waals surface area contributed by atoms with Crippen molar-refractivity contribution in [1.29, 1.82) is 0 Å². The first-order valence-electron chi connectivity index (χ1n) is 12.5. The van der Waals surface area contributed by atoms with Crippen LogP contribution in [0.15, 0.2) is 48.5 Å². The van der Waals surface area contributed by atoms with Gasteiger partial charge in [-0.1, -0.05) is 62.4 Å². The van der Waals surface area contributed by atoms with E-state index in [-0.39, 0.29) is 48.8 Å². The smallest absolute Gasteiger partial charge is 0.407 e. The highest BCUT2D eigenvalue weighted by atomic mass is 16.5. The molecule has 4 rings (SSSR count). The highest BCUT2D eigenvalue weighted by molar-refractivity contribution is 5.80. The van der Waals surface area contributed by atoms with Gasteiger partial charge in [-0.25, -0.2) is 4.79 Å². The number of carbonyl (C=O) groups excluding carboxylic acids is 2. The Morgan fingerprint density at radius 3 is 2.06 bits per heavy atom. The van der Waals surface area contributed by atoms with E-state index in [1.165, 1.54) is 22.3 Å². The predicted molar refractivity (Wildman–Crippen MR) is 133 cm³/mol. The fraction of sp³-hybridized carbons (Fsp3) is 0.464. The summed E-state index contributed by atoms with van der Waals surface area (Å²) in [4.78, 5) is 36.3. The van der Waals surface area contributed by atoms with Crippen LogP contribution >= 0.6 is 0 Å². The highest BCUT2D eigenvalue weighted by Crippen LogP contribution is 2.44. The molecule has 2 aliphatic carbocycles. The van der Waals surface area contributed by atoms with E-state index in [9.17, 15) is 14.4 Å². The van der Waals surface area contributed by atoms with E-state index >= 15 is 0 Å². The van der Waals surface area contributed by atoms with E-state index in [1.54, 1.807) is 0 Å². The number of aliphatic carboxylic acids is 1. The number of amides is 2. The van der Waals surface area contributed by atoms with Gasteiger partial charge in [-0.3, -0.25) is 9.59 Å². The summed E-state index contributed by atoms with van der Waals surface area (Å²) in [6, 6.07) is 16.1. The van der Waals surface area contributed by atoms with Gasteiger partial charge in [0.2, 0.25) is 5.91 Å². The maximum Gasteiger partial charge on any atom is 0.407 e. The van der Waals surface area contributed by atoms with Gasteiger partial charge in [-0.15, -0.1) is 0 Å². The molecule has 7 nitrogen and oxygen atoms in total. The Balaban J connectivity index is 1.25. The number of ether oxygens (including phenoxy) is 1. The summed E-state index contributed by atoms with van der Waals surface area (Å²) in [5, 5.41) is 15.0. The quantitative estimate of drug-likeness (QED) is 0.510. The van der Waals surface area contributed by atoms with E-state index in [0.717, 1.165) is 0 Å². The van der Waals surface area contributed by atoms with Crippen molar-refractivity contribution in [3.63, 3.8) is 0 Å². The number of nitrogens with one attached hydrogen (secondary N) is 2. The number of carboxylic acids is 1. The van der Waals surface area contributed by atoms with Crippen LogP contribution in [0.1, 0.15) is 63.0 Å². The van der Waals surface area contributed by atoms with Gasteiger partial charge in [-0.2, -0.15) is 0 Å². The van der Waals surface area contributed by atoms with E-state index in [2.05, 4.69) is 34.9 Å². The van der Waals surface area contributed by atoms with Crippen molar-refractivity contribution in [3.05, 3.63) is 59.7 Å². The zero-order chi connectivity index (χ0) is 24.9. The molecule has 0 aliphatic heterocycles. The third-order valence-corrected chi connectivity index (χ3v) is 7.29. The van der Waals surface area contributed by atoms with Gasteiger partial charge >= 0.3 is 12.1 Å². The molecule has 2 aromatic rings. The molecular formula is C28H34N2O5. The van der Waals surface area contributed by atoms with Crippen molar-refractivity contribution >= 4 is 18.0 Å². The Labute approximate surface area is 206 Å². The lowest BCUT2D eigenvalue weighted by atomic mass is 9.85. The molecule has 0 bridgehead atoms. The molecule has 35 heavy (non-hydrogen) atoms. The molecule has 186 valence electrons. The minimum Gasteiger partial charge on any atom is -0.481 e. The summed E-state index contributed by atoms with van der Waals surface area (Å²) in [7, 11) is 0. The van der Waals surface area contributed by atoms with Crippen LogP contribution in [0.2, 0.25) is 0 Å². The molecule has 1 atom stereocenters. The molecule has 0 heterocycles. The summed E-state index contributed by atoms with van der Waals surface area (Å²) in [6.45, 7) is 4.09. The molecule has 0 saturated heterocycles. The van der Waals surface area contributed by atoms with Crippen molar-refractivity contribution in [2.45, 2.75) is 64.0 Å². The number of benzene rings is 2. The van der Waals surface area contributed by atoms with E-state index in [1.807, 2.05) is 38.1 Å². The zero-order valence-corrected chi connectivity index (χ0v) is 20.3. The van der Waals surface area contributed by atoms with Gasteiger partial charge < -0.3 is 20.5 Å². The Morgan fingerprint density at radius 2 is 1.51 bits per heavy atom. The number of alkyl carbamates (subject to hydrolysis) is 1. The Hall–Kier alpha value is -3.35. The van der Waals surface area contributed by atoms with Crippen molar-refractivity contribution in [2.24, 2.45) is 11.8 Å². The molecule has 2 amide bonds. The van der Waals surface area contributed by atoms with Crippen molar-refractivity contribution < 1.29 is 24.2 Å². The Bertz CT molecular complexity index is 1030. The maximum atomic E-state index is 12.7. The number of fused-ring (bicyclic) bond motifs is 3. The SMILES string of the molecule is CC(C)[C@@H](CC(=O)O)NC(=O)C1CCC(NC(=O)OCC2c3ccccc3-c3ccccc32)CC1. The molecule has 3 N–H and O–H groups in total. The van der Waals surface area contributed by atoms with Crippen LogP contribution in [0, 0.1) is 11.8 Å². The van der Waals surface area contributed by atoms with Crippen LogP contribution in [0.5, 0.6) is 0 Å². The van der Waals surface area contributed by atoms with Gasteiger partial charge in [-0.05, 0) is 53.9 Å². The molecule has 1 saturated carbocycles. The van der Waals surface area contributed by atoms with Gasteiger partial charge in [0.15, 0.2) is 0 Å². The number of carbonyl (C=O) groups is 3. The van der Waals surface area contributed by atoms with Crippen LogP contribution < -0.4 is 10.6 Å². The van der Waals surface area contributed by atoms with Gasteiger partial charge in [0.1, 0.15) is 6.61 Å². The van der Waals surface area contributed by atoms with E-state index in [0.29, 0.717) is 25.7 Å². The standard InChI is InChI=1S/C28H34N2O5/c1-17(2)25(15-26(31)32)30-27(33)18-11-13-19(14-12-18)29-28(34)35-16-24-22-9-5-3-7-20(22)21-8-4-6-10-23(21)24/h3-10,17-19,24-25H,11-16H2,1-2H3,(H,29,34)(H,30,33)(H,31,32)/t18?,19?,25-/m1/s1. The lowest BCUT2D eigenvalue weighted by Gasteiger charge is -2.30. The van der Waals surface area contributed by atoms with Gasteiger partial charge in [0.25, 0.3) is 0 Å². The monoisotopic (exact) mass is 478 g/mol. The third-order valence-electron chi connectivity index (χ3n) is 7.29.